The highest BCUT2D eigenvalue weighted by atomic mass is 16.1. The van der Waals surface area contributed by atoms with Crippen LogP contribution in [0.4, 0.5) is 11.4 Å². The molecule has 0 saturated carbocycles. The lowest BCUT2D eigenvalue weighted by Crippen LogP contribution is -2.14. The summed E-state index contributed by atoms with van der Waals surface area (Å²) in [5.74, 6) is 0.0457. The maximum Gasteiger partial charge on any atom is 0.196 e. The number of ketones is 1. The molecule has 3 heteroatoms. The number of benzene rings is 2. The van der Waals surface area contributed by atoms with Crippen LogP contribution in [-0.4, -0.2) is 19.4 Å². The van der Waals surface area contributed by atoms with E-state index in [1.54, 1.807) is 6.08 Å². The first-order chi connectivity index (χ1) is 12.0. The number of hydrogen-bond donors (Lipinski definition) is 2. The van der Waals surface area contributed by atoms with Crippen LogP contribution in [0, 0.1) is 20.8 Å². The van der Waals surface area contributed by atoms with Crippen LogP contribution in [0.5, 0.6) is 0 Å². The summed E-state index contributed by atoms with van der Waals surface area (Å²) in [6.45, 7) is 12.9. The molecule has 0 atom stereocenters. The van der Waals surface area contributed by atoms with Gasteiger partial charge in [-0.2, -0.15) is 0 Å². The summed E-state index contributed by atoms with van der Waals surface area (Å²) >= 11 is 0. The van der Waals surface area contributed by atoms with Crippen LogP contribution in [-0.2, 0) is 0 Å². The monoisotopic (exact) mass is 336 g/mol. The zero-order valence-electron chi connectivity index (χ0n) is 15.9. The van der Waals surface area contributed by atoms with Gasteiger partial charge in [0.25, 0.3) is 0 Å². The van der Waals surface area contributed by atoms with E-state index >= 15 is 0 Å². The van der Waals surface area contributed by atoms with Crippen LogP contribution >= 0.6 is 0 Å². The second-order valence-corrected chi connectivity index (χ2v) is 6.36. The smallest absolute Gasteiger partial charge is 0.196 e. The highest BCUT2D eigenvalue weighted by molar-refractivity contribution is 6.16. The standard InChI is InChI=1S/C22H28N2O/c1-7-13-24-19-12-9-14(3)16(5)21(19)22(25)20-15(4)10-11-18(23-6)17(20)8-2/h8-12,23-24H,2,7,13H2,1,3-6H3. The highest BCUT2D eigenvalue weighted by Crippen LogP contribution is 2.31. The molecule has 2 rings (SSSR count). The van der Waals surface area contributed by atoms with Gasteiger partial charge in [-0.15, -0.1) is 0 Å². The van der Waals surface area contributed by atoms with Gasteiger partial charge in [-0.3, -0.25) is 4.79 Å². The maximum absolute atomic E-state index is 13.6. The zero-order valence-corrected chi connectivity index (χ0v) is 15.9. The van der Waals surface area contributed by atoms with E-state index in [-0.39, 0.29) is 5.78 Å². The number of hydrogen-bond acceptors (Lipinski definition) is 3. The molecule has 25 heavy (non-hydrogen) atoms. The van der Waals surface area contributed by atoms with E-state index < -0.39 is 0 Å². The van der Waals surface area contributed by atoms with Crippen LogP contribution in [0.1, 0.15) is 51.5 Å². The fourth-order valence-corrected chi connectivity index (χ4v) is 3.10. The van der Waals surface area contributed by atoms with Gasteiger partial charge in [0, 0.05) is 41.7 Å². The first-order valence-corrected chi connectivity index (χ1v) is 8.78. The van der Waals surface area contributed by atoms with Gasteiger partial charge in [-0.1, -0.05) is 31.7 Å². The SMILES string of the molecule is C=Cc1c(NC)ccc(C)c1C(=O)c1c(NCCC)ccc(C)c1C. The van der Waals surface area contributed by atoms with E-state index in [1.165, 1.54) is 0 Å². The topological polar surface area (TPSA) is 41.1 Å². The predicted molar refractivity (Wildman–Crippen MR) is 109 cm³/mol. The lowest BCUT2D eigenvalue weighted by molar-refractivity contribution is 0.103. The minimum atomic E-state index is 0.0457. The van der Waals surface area contributed by atoms with Crippen LogP contribution in [0.15, 0.2) is 30.8 Å². The van der Waals surface area contributed by atoms with Gasteiger partial charge in [0.05, 0.1) is 0 Å². The maximum atomic E-state index is 13.6. The summed E-state index contributed by atoms with van der Waals surface area (Å²) in [5.41, 5.74) is 7.25. The molecule has 0 saturated heterocycles. The van der Waals surface area contributed by atoms with Crippen LogP contribution in [0.3, 0.4) is 0 Å². The van der Waals surface area contributed by atoms with Crippen LogP contribution in [0.2, 0.25) is 0 Å². The van der Waals surface area contributed by atoms with Crippen molar-refractivity contribution < 1.29 is 4.79 Å². The molecule has 0 unspecified atom stereocenters. The van der Waals surface area contributed by atoms with Crippen molar-refractivity contribution in [3.05, 3.63) is 64.2 Å². The number of carbonyl (C=O) groups excluding carboxylic acids is 1. The Morgan fingerprint density at radius 3 is 2.28 bits per heavy atom. The lowest BCUT2D eigenvalue weighted by Gasteiger charge is -2.19. The average Bonchev–Trinajstić information content (AvgIpc) is 2.61. The minimum absolute atomic E-state index is 0.0457. The second kappa shape index (κ2) is 8.02. The second-order valence-electron chi connectivity index (χ2n) is 6.36. The third kappa shape index (κ3) is 3.60. The molecule has 2 N–H and O–H groups in total. The minimum Gasteiger partial charge on any atom is -0.388 e. The molecule has 0 aliphatic heterocycles. The molecule has 0 bridgehead atoms. The largest absolute Gasteiger partial charge is 0.388 e. The molecule has 2 aromatic carbocycles. The van der Waals surface area contributed by atoms with Gasteiger partial charge in [0.1, 0.15) is 0 Å². The summed E-state index contributed by atoms with van der Waals surface area (Å²) in [6, 6.07) is 8.05. The van der Waals surface area contributed by atoms with Crippen molar-refractivity contribution in [2.75, 3.05) is 24.2 Å². The van der Waals surface area contributed by atoms with E-state index in [1.807, 2.05) is 46.0 Å². The van der Waals surface area contributed by atoms with Crippen LogP contribution in [0.25, 0.3) is 6.08 Å². The molecule has 2 aromatic rings. The molecule has 0 radical (unpaired) electrons. The fraction of sp³-hybridized carbons (Fsp3) is 0.318. The molecular formula is C22H28N2O. The number of rotatable bonds is 7. The van der Waals surface area contributed by atoms with Gasteiger partial charge in [0.2, 0.25) is 0 Å². The van der Waals surface area contributed by atoms with E-state index in [0.717, 1.165) is 57.7 Å². The summed E-state index contributed by atoms with van der Waals surface area (Å²) in [7, 11) is 1.86. The molecule has 0 heterocycles. The Hall–Kier alpha value is -2.55. The van der Waals surface area contributed by atoms with Crippen molar-refractivity contribution in [1.29, 1.82) is 0 Å². The molecule has 0 amide bonds. The van der Waals surface area contributed by atoms with E-state index in [2.05, 4.69) is 30.2 Å². The first-order valence-electron chi connectivity index (χ1n) is 8.78. The van der Waals surface area contributed by atoms with E-state index in [9.17, 15) is 4.79 Å². The molecule has 0 fully saturated rings. The van der Waals surface area contributed by atoms with Gasteiger partial charge in [-0.25, -0.2) is 0 Å². The molecular weight excluding hydrogens is 308 g/mol. The van der Waals surface area contributed by atoms with Crippen molar-refractivity contribution in [2.45, 2.75) is 34.1 Å². The average molecular weight is 336 g/mol. The Balaban J connectivity index is 2.70. The Bertz CT molecular complexity index is 806. The Labute approximate surface area is 151 Å². The predicted octanol–water partition coefficient (Wildman–Crippen LogP) is 5.35. The van der Waals surface area contributed by atoms with Crippen molar-refractivity contribution >= 4 is 23.2 Å². The number of anilines is 2. The van der Waals surface area contributed by atoms with Gasteiger partial charge in [0.15, 0.2) is 5.78 Å². The Kier molecular flexibility index (Phi) is 6.02. The van der Waals surface area contributed by atoms with Crippen molar-refractivity contribution in [3.63, 3.8) is 0 Å². The van der Waals surface area contributed by atoms with Crippen molar-refractivity contribution in [3.8, 4) is 0 Å². The zero-order chi connectivity index (χ0) is 18.6. The summed E-state index contributed by atoms with van der Waals surface area (Å²) in [4.78, 5) is 13.6. The third-order valence-corrected chi connectivity index (χ3v) is 4.68. The van der Waals surface area contributed by atoms with Gasteiger partial charge >= 0.3 is 0 Å². The third-order valence-electron chi connectivity index (χ3n) is 4.68. The summed E-state index contributed by atoms with van der Waals surface area (Å²) in [6.07, 6.45) is 2.77. The number of nitrogens with one attached hydrogen (secondary N) is 2. The number of aryl methyl sites for hydroxylation is 2. The molecule has 0 spiro atoms. The normalized spacial score (nSPS) is 10.4. The fourth-order valence-electron chi connectivity index (χ4n) is 3.10. The quantitative estimate of drug-likeness (QED) is 0.670. The molecule has 3 nitrogen and oxygen atoms in total. The Morgan fingerprint density at radius 1 is 1.04 bits per heavy atom. The van der Waals surface area contributed by atoms with Gasteiger partial charge in [-0.05, 0) is 56.0 Å². The molecule has 0 aliphatic carbocycles. The molecule has 0 aliphatic rings. The van der Waals surface area contributed by atoms with Crippen molar-refractivity contribution in [2.24, 2.45) is 0 Å². The van der Waals surface area contributed by atoms with Gasteiger partial charge < -0.3 is 10.6 Å². The summed E-state index contributed by atoms with van der Waals surface area (Å²) in [5, 5.41) is 6.56. The molecule has 0 aromatic heterocycles. The van der Waals surface area contributed by atoms with E-state index in [4.69, 9.17) is 0 Å². The lowest BCUT2D eigenvalue weighted by atomic mass is 9.89. The first kappa shape index (κ1) is 18.8. The number of carbonyl (C=O) groups is 1. The van der Waals surface area contributed by atoms with Crippen LogP contribution < -0.4 is 10.6 Å². The van der Waals surface area contributed by atoms with E-state index in [0.29, 0.717) is 0 Å². The Morgan fingerprint density at radius 2 is 1.68 bits per heavy atom. The highest BCUT2D eigenvalue weighted by Gasteiger charge is 2.22. The summed E-state index contributed by atoms with van der Waals surface area (Å²) < 4.78 is 0. The van der Waals surface area contributed by atoms with Crippen molar-refractivity contribution in [1.82, 2.24) is 0 Å². The molecule has 132 valence electrons.